The van der Waals surface area contributed by atoms with E-state index in [0.717, 1.165) is 31.5 Å². The van der Waals surface area contributed by atoms with E-state index in [0.29, 0.717) is 43.0 Å². The van der Waals surface area contributed by atoms with Crippen LogP contribution in [0.2, 0.25) is 0 Å². The number of carbonyl (C=O) groups is 3. The van der Waals surface area contributed by atoms with Crippen LogP contribution in [0.1, 0.15) is 49.7 Å². The maximum atomic E-state index is 12.8. The number of carbonyl (C=O) groups excluding carboxylic acids is 3. The summed E-state index contributed by atoms with van der Waals surface area (Å²) in [5.41, 5.74) is 2.55. The Labute approximate surface area is 169 Å². The molecule has 1 aromatic carbocycles. The van der Waals surface area contributed by atoms with Crippen molar-refractivity contribution in [2.24, 2.45) is 0 Å². The van der Waals surface area contributed by atoms with Crippen LogP contribution < -0.4 is 0 Å². The van der Waals surface area contributed by atoms with Gasteiger partial charge in [0.2, 0.25) is 0 Å². The van der Waals surface area contributed by atoms with Gasteiger partial charge >= 0.3 is 5.97 Å². The molecule has 0 spiro atoms. The Hall–Kier alpha value is -3.16. The molecule has 2 amide bonds. The average molecular weight is 396 g/mol. The van der Waals surface area contributed by atoms with Crippen LogP contribution in [0, 0.1) is 0 Å². The van der Waals surface area contributed by atoms with E-state index in [2.05, 4.69) is 9.84 Å². The van der Waals surface area contributed by atoms with Crippen LogP contribution in [0.15, 0.2) is 30.3 Å². The lowest BCUT2D eigenvalue weighted by Crippen LogP contribution is -2.50. The van der Waals surface area contributed by atoms with Gasteiger partial charge in [0.05, 0.1) is 12.7 Å². The number of nitrogens with zero attached hydrogens (tertiary/aromatic N) is 4. The summed E-state index contributed by atoms with van der Waals surface area (Å²) in [5, 5.41) is 4.46. The standard InChI is InChI=1S/C21H24N4O4/c1-29-21(28)16-7-5-15(6-8-16)19(26)23-10-12-24(13-11-23)20(27)18-14-17-4-2-3-9-25(17)22-18/h5-8,14H,2-4,9-13H2,1H3. The molecule has 8 nitrogen and oxygen atoms in total. The normalized spacial score (nSPS) is 16.3. The second-order valence-corrected chi connectivity index (χ2v) is 7.35. The Morgan fingerprint density at radius 3 is 2.10 bits per heavy atom. The maximum absolute atomic E-state index is 12.8. The topological polar surface area (TPSA) is 84.7 Å². The average Bonchev–Trinajstić information content (AvgIpc) is 3.22. The van der Waals surface area contributed by atoms with Gasteiger partial charge in [-0.1, -0.05) is 0 Å². The van der Waals surface area contributed by atoms with Gasteiger partial charge in [-0.3, -0.25) is 14.3 Å². The molecular weight excluding hydrogens is 372 g/mol. The summed E-state index contributed by atoms with van der Waals surface area (Å²) in [4.78, 5) is 40.5. The zero-order valence-electron chi connectivity index (χ0n) is 16.5. The Morgan fingerprint density at radius 2 is 1.48 bits per heavy atom. The lowest BCUT2D eigenvalue weighted by Gasteiger charge is -2.34. The van der Waals surface area contributed by atoms with Crippen LogP contribution >= 0.6 is 0 Å². The molecule has 0 unspecified atom stereocenters. The first-order chi connectivity index (χ1) is 14.1. The van der Waals surface area contributed by atoms with E-state index in [1.165, 1.54) is 7.11 Å². The van der Waals surface area contributed by atoms with Gasteiger partial charge in [0.1, 0.15) is 0 Å². The SMILES string of the molecule is COC(=O)c1ccc(C(=O)N2CCN(C(=O)c3cc4n(n3)CCCC4)CC2)cc1. The van der Waals surface area contributed by atoms with Gasteiger partial charge in [-0.15, -0.1) is 0 Å². The van der Waals surface area contributed by atoms with Crippen LogP contribution in [0.3, 0.4) is 0 Å². The third kappa shape index (κ3) is 3.87. The summed E-state index contributed by atoms with van der Waals surface area (Å²) >= 11 is 0. The second kappa shape index (κ2) is 8.06. The number of fused-ring (bicyclic) bond motifs is 1. The highest BCUT2D eigenvalue weighted by atomic mass is 16.5. The minimum absolute atomic E-state index is 0.0681. The highest BCUT2D eigenvalue weighted by Gasteiger charge is 2.27. The Kier molecular flexibility index (Phi) is 5.33. The van der Waals surface area contributed by atoms with Gasteiger partial charge in [-0.25, -0.2) is 4.79 Å². The summed E-state index contributed by atoms with van der Waals surface area (Å²) in [7, 11) is 1.32. The number of piperazine rings is 1. The molecule has 0 radical (unpaired) electrons. The number of benzene rings is 1. The van der Waals surface area contributed by atoms with Crippen LogP contribution in [0.4, 0.5) is 0 Å². The predicted octanol–water partition coefficient (Wildman–Crippen LogP) is 1.60. The number of aryl methyl sites for hydroxylation is 2. The lowest BCUT2D eigenvalue weighted by molar-refractivity contribution is 0.0531. The summed E-state index contributed by atoms with van der Waals surface area (Å²) in [5.74, 6) is -0.607. The second-order valence-electron chi connectivity index (χ2n) is 7.35. The molecule has 0 bridgehead atoms. The highest BCUT2D eigenvalue weighted by Crippen LogP contribution is 2.17. The Morgan fingerprint density at radius 1 is 0.862 bits per heavy atom. The van der Waals surface area contributed by atoms with Crippen molar-refractivity contribution in [3.05, 3.63) is 52.8 Å². The van der Waals surface area contributed by atoms with E-state index >= 15 is 0 Å². The van der Waals surface area contributed by atoms with Crippen LogP contribution in [0.5, 0.6) is 0 Å². The number of methoxy groups -OCH3 is 1. The molecule has 4 rings (SSSR count). The molecule has 29 heavy (non-hydrogen) atoms. The van der Waals surface area contributed by atoms with Crippen molar-refractivity contribution in [3.8, 4) is 0 Å². The van der Waals surface area contributed by atoms with Crippen LogP contribution in [-0.4, -0.2) is 70.7 Å². The van der Waals surface area contributed by atoms with Gasteiger partial charge in [-0.2, -0.15) is 5.10 Å². The van der Waals surface area contributed by atoms with Crippen molar-refractivity contribution >= 4 is 17.8 Å². The molecule has 0 atom stereocenters. The molecule has 2 aromatic rings. The molecule has 152 valence electrons. The summed E-state index contributed by atoms with van der Waals surface area (Å²) in [6.07, 6.45) is 3.21. The minimum atomic E-state index is -0.433. The van der Waals surface area contributed by atoms with Gasteiger partial charge < -0.3 is 14.5 Å². The number of aromatic nitrogens is 2. The van der Waals surface area contributed by atoms with Gasteiger partial charge in [0.15, 0.2) is 5.69 Å². The number of esters is 1. The van der Waals surface area contributed by atoms with Crippen molar-refractivity contribution in [1.82, 2.24) is 19.6 Å². The van der Waals surface area contributed by atoms with Gasteiger partial charge in [0, 0.05) is 44.0 Å². The van der Waals surface area contributed by atoms with Crippen LogP contribution in [0.25, 0.3) is 0 Å². The molecule has 1 fully saturated rings. The summed E-state index contributed by atoms with van der Waals surface area (Å²) < 4.78 is 6.61. The van der Waals surface area contributed by atoms with E-state index in [4.69, 9.17) is 0 Å². The largest absolute Gasteiger partial charge is 0.465 e. The van der Waals surface area contributed by atoms with E-state index in [1.807, 2.05) is 10.7 Å². The first-order valence-electron chi connectivity index (χ1n) is 9.90. The summed E-state index contributed by atoms with van der Waals surface area (Å²) in [6, 6.07) is 8.32. The third-order valence-electron chi connectivity index (χ3n) is 5.54. The zero-order valence-corrected chi connectivity index (χ0v) is 16.5. The van der Waals surface area contributed by atoms with E-state index in [9.17, 15) is 14.4 Å². The van der Waals surface area contributed by atoms with Crippen molar-refractivity contribution in [2.75, 3.05) is 33.3 Å². The lowest BCUT2D eigenvalue weighted by atomic mass is 10.1. The molecule has 2 aliphatic heterocycles. The molecule has 0 saturated carbocycles. The Balaban J connectivity index is 1.36. The first-order valence-corrected chi connectivity index (χ1v) is 9.90. The van der Waals surface area contributed by atoms with Crippen LogP contribution in [-0.2, 0) is 17.7 Å². The Bertz CT molecular complexity index is 903. The van der Waals surface area contributed by atoms with Gasteiger partial charge in [-0.05, 0) is 49.6 Å². The zero-order chi connectivity index (χ0) is 20.4. The number of ether oxygens (including phenoxy) is 1. The molecule has 1 aromatic heterocycles. The fraction of sp³-hybridized carbons (Fsp3) is 0.429. The fourth-order valence-electron chi connectivity index (χ4n) is 3.85. The minimum Gasteiger partial charge on any atom is -0.465 e. The maximum Gasteiger partial charge on any atom is 0.337 e. The molecular formula is C21H24N4O4. The van der Waals surface area contributed by atoms with E-state index in [1.54, 1.807) is 34.1 Å². The molecule has 0 aliphatic carbocycles. The number of rotatable bonds is 3. The van der Waals surface area contributed by atoms with E-state index < -0.39 is 5.97 Å². The van der Waals surface area contributed by atoms with E-state index in [-0.39, 0.29) is 11.8 Å². The predicted molar refractivity (Wildman–Crippen MR) is 105 cm³/mol. The smallest absolute Gasteiger partial charge is 0.337 e. The molecule has 3 heterocycles. The highest BCUT2D eigenvalue weighted by molar-refractivity contribution is 5.96. The quantitative estimate of drug-likeness (QED) is 0.736. The third-order valence-corrected chi connectivity index (χ3v) is 5.54. The molecule has 2 aliphatic rings. The first kappa shape index (κ1) is 19.2. The molecule has 0 N–H and O–H groups in total. The molecule has 8 heteroatoms. The summed E-state index contributed by atoms with van der Waals surface area (Å²) in [6.45, 7) is 2.77. The molecule has 1 saturated heterocycles. The van der Waals surface area contributed by atoms with Crippen molar-refractivity contribution in [3.63, 3.8) is 0 Å². The monoisotopic (exact) mass is 396 g/mol. The van der Waals surface area contributed by atoms with Crippen molar-refractivity contribution < 1.29 is 19.1 Å². The van der Waals surface area contributed by atoms with Crippen molar-refractivity contribution in [1.29, 1.82) is 0 Å². The number of hydrogen-bond donors (Lipinski definition) is 0. The number of amides is 2. The van der Waals surface area contributed by atoms with Crippen molar-refractivity contribution in [2.45, 2.75) is 25.8 Å². The number of hydrogen-bond acceptors (Lipinski definition) is 5. The van der Waals surface area contributed by atoms with Gasteiger partial charge in [0.25, 0.3) is 11.8 Å². The fourth-order valence-corrected chi connectivity index (χ4v) is 3.85.